The first-order valence-electron chi connectivity index (χ1n) is 4.33. The minimum absolute atomic E-state index is 0.500. The van der Waals surface area contributed by atoms with Gasteiger partial charge in [-0.25, -0.2) is 0 Å². The topological polar surface area (TPSA) is 33.4 Å². The van der Waals surface area contributed by atoms with Crippen molar-refractivity contribution in [2.75, 3.05) is 0 Å². The maximum absolute atomic E-state index is 9.95. The van der Waals surface area contributed by atoms with Crippen LogP contribution in [0.2, 0.25) is 10.0 Å². The first-order chi connectivity index (χ1) is 7.16. The maximum atomic E-state index is 9.95. The van der Waals surface area contributed by atoms with Gasteiger partial charge >= 0.3 is 0 Å². The highest BCUT2D eigenvalue weighted by atomic mass is 35.5. The predicted octanol–water partition coefficient (Wildman–Crippen LogP) is 3.67. The molecule has 0 unspecified atom stereocenters. The lowest BCUT2D eigenvalue weighted by Crippen LogP contribution is -1.97. The summed E-state index contributed by atoms with van der Waals surface area (Å²) in [6.45, 7) is 0. The van der Waals surface area contributed by atoms with Crippen LogP contribution in [0.15, 0.2) is 41.2 Å². The van der Waals surface area contributed by atoms with Crippen molar-refractivity contribution in [3.8, 4) is 0 Å². The van der Waals surface area contributed by atoms with Gasteiger partial charge in [-0.1, -0.05) is 23.2 Å². The van der Waals surface area contributed by atoms with E-state index in [-0.39, 0.29) is 0 Å². The molecule has 2 nitrogen and oxygen atoms in total. The summed E-state index contributed by atoms with van der Waals surface area (Å²) in [6, 6.07) is 6.66. The van der Waals surface area contributed by atoms with Crippen LogP contribution in [-0.4, -0.2) is 5.11 Å². The molecule has 1 heterocycles. The van der Waals surface area contributed by atoms with Gasteiger partial charge in [-0.15, -0.1) is 0 Å². The quantitative estimate of drug-likeness (QED) is 0.872. The molecule has 15 heavy (non-hydrogen) atoms. The number of hydrogen-bond donors (Lipinski definition) is 1. The molecule has 2 rings (SSSR count). The van der Waals surface area contributed by atoms with Gasteiger partial charge in [0.05, 0.1) is 12.5 Å². The molecule has 4 heteroatoms. The lowest BCUT2D eigenvalue weighted by atomic mass is 10.0. The third-order valence-electron chi connectivity index (χ3n) is 2.06. The second-order valence-electron chi connectivity index (χ2n) is 3.16. The van der Waals surface area contributed by atoms with Crippen molar-refractivity contribution in [1.82, 2.24) is 0 Å². The van der Waals surface area contributed by atoms with Gasteiger partial charge in [0, 0.05) is 15.6 Å². The van der Waals surface area contributed by atoms with Crippen LogP contribution < -0.4 is 0 Å². The van der Waals surface area contributed by atoms with Crippen LogP contribution in [0.1, 0.15) is 17.2 Å². The van der Waals surface area contributed by atoms with Crippen LogP contribution in [0.3, 0.4) is 0 Å². The molecule has 0 spiro atoms. The molecule has 0 aliphatic carbocycles. The molecule has 0 amide bonds. The fourth-order valence-corrected chi connectivity index (χ4v) is 1.90. The summed E-state index contributed by atoms with van der Waals surface area (Å²) < 4.78 is 4.89. The molecular weight excluding hydrogens is 235 g/mol. The lowest BCUT2D eigenvalue weighted by molar-refractivity contribution is 0.219. The largest absolute Gasteiger partial charge is 0.472 e. The Hall–Kier alpha value is -0.960. The molecule has 0 aliphatic heterocycles. The van der Waals surface area contributed by atoms with E-state index in [1.165, 1.54) is 12.5 Å². The van der Waals surface area contributed by atoms with Crippen LogP contribution in [0.25, 0.3) is 0 Å². The minimum atomic E-state index is -0.764. The molecule has 0 aliphatic rings. The van der Waals surface area contributed by atoms with Gasteiger partial charge in [-0.05, 0) is 29.8 Å². The van der Waals surface area contributed by atoms with E-state index in [0.29, 0.717) is 21.2 Å². The summed E-state index contributed by atoms with van der Waals surface area (Å²) in [5, 5.41) is 11.0. The average molecular weight is 243 g/mol. The van der Waals surface area contributed by atoms with Crippen LogP contribution >= 0.6 is 23.2 Å². The first kappa shape index (κ1) is 10.6. The van der Waals surface area contributed by atoms with Crippen molar-refractivity contribution >= 4 is 23.2 Å². The van der Waals surface area contributed by atoms with E-state index in [0.717, 1.165) is 0 Å². The van der Waals surface area contributed by atoms with E-state index in [2.05, 4.69) is 0 Å². The highest BCUT2D eigenvalue weighted by molar-refractivity contribution is 6.34. The van der Waals surface area contributed by atoms with Gasteiger partial charge in [-0.3, -0.25) is 0 Å². The van der Waals surface area contributed by atoms with Crippen molar-refractivity contribution in [2.45, 2.75) is 6.10 Å². The highest BCUT2D eigenvalue weighted by Gasteiger charge is 2.12. The number of halogens is 2. The highest BCUT2D eigenvalue weighted by Crippen LogP contribution is 2.27. The Morgan fingerprint density at radius 3 is 2.27 bits per heavy atom. The molecule has 0 radical (unpaired) electrons. The number of aliphatic hydroxyl groups excluding tert-OH is 1. The Morgan fingerprint density at radius 1 is 1.07 bits per heavy atom. The Kier molecular flexibility index (Phi) is 3.00. The third kappa shape index (κ3) is 2.34. The summed E-state index contributed by atoms with van der Waals surface area (Å²) in [5.74, 6) is 0. The molecular formula is C11H8Cl2O2. The summed E-state index contributed by atoms with van der Waals surface area (Å²) in [5.41, 5.74) is 1.32. The van der Waals surface area contributed by atoms with Gasteiger partial charge in [0.25, 0.3) is 0 Å². The molecule has 1 aromatic heterocycles. The van der Waals surface area contributed by atoms with E-state index < -0.39 is 6.10 Å². The normalized spacial score (nSPS) is 12.7. The van der Waals surface area contributed by atoms with Gasteiger partial charge in [-0.2, -0.15) is 0 Å². The molecule has 1 aromatic carbocycles. The maximum Gasteiger partial charge on any atom is 0.107 e. The summed E-state index contributed by atoms with van der Waals surface area (Å²) in [6.07, 6.45) is 2.23. The number of hydrogen-bond acceptors (Lipinski definition) is 2. The zero-order chi connectivity index (χ0) is 10.8. The fourth-order valence-electron chi connectivity index (χ4n) is 1.36. The molecule has 0 fully saturated rings. The Morgan fingerprint density at radius 2 is 1.73 bits per heavy atom. The van der Waals surface area contributed by atoms with Crippen LogP contribution in [0.4, 0.5) is 0 Å². The van der Waals surface area contributed by atoms with Crippen molar-refractivity contribution in [3.63, 3.8) is 0 Å². The van der Waals surface area contributed by atoms with Crippen LogP contribution in [-0.2, 0) is 0 Å². The molecule has 1 N–H and O–H groups in total. The molecule has 0 bridgehead atoms. The zero-order valence-corrected chi connectivity index (χ0v) is 9.16. The Bertz CT molecular complexity index is 431. The van der Waals surface area contributed by atoms with E-state index in [1.54, 1.807) is 24.3 Å². The molecule has 78 valence electrons. The first-order valence-corrected chi connectivity index (χ1v) is 5.08. The van der Waals surface area contributed by atoms with Crippen molar-refractivity contribution < 1.29 is 9.52 Å². The molecule has 1 atom stereocenters. The van der Waals surface area contributed by atoms with Gasteiger partial charge in [0.15, 0.2) is 0 Å². The van der Waals surface area contributed by atoms with Crippen LogP contribution in [0.5, 0.6) is 0 Å². The van der Waals surface area contributed by atoms with Gasteiger partial charge in [0.1, 0.15) is 6.10 Å². The van der Waals surface area contributed by atoms with Gasteiger partial charge in [0.2, 0.25) is 0 Å². The SMILES string of the molecule is O[C@@H](c1ccoc1)c1cc(Cl)cc(Cl)c1. The van der Waals surface area contributed by atoms with Crippen molar-refractivity contribution in [1.29, 1.82) is 0 Å². The lowest BCUT2D eigenvalue weighted by Gasteiger charge is -2.09. The van der Waals surface area contributed by atoms with Crippen LogP contribution in [0, 0.1) is 0 Å². The fraction of sp³-hybridized carbons (Fsp3) is 0.0909. The molecule has 0 saturated carbocycles. The summed E-state index contributed by atoms with van der Waals surface area (Å²) in [4.78, 5) is 0. The second-order valence-corrected chi connectivity index (χ2v) is 4.03. The summed E-state index contributed by atoms with van der Waals surface area (Å²) in [7, 11) is 0. The molecule has 2 aromatic rings. The van der Waals surface area contributed by atoms with Gasteiger partial charge < -0.3 is 9.52 Å². The second kappa shape index (κ2) is 4.27. The van der Waals surface area contributed by atoms with Crippen molar-refractivity contribution in [3.05, 3.63) is 58.0 Å². The number of rotatable bonds is 2. The number of aliphatic hydroxyl groups is 1. The standard InChI is InChI=1S/C11H8Cl2O2/c12-9-3-8(4-10(13)5-9)11(14)7-1-2-15-6-7/h1-6,11,14H/t11-/m0/s1. The third-order valence-corrected chi connectivity index (χ3v) is 2.50. The monoisotopic (exact) mass is 242 g/mol. The van der Waals surface area contributed by atoms with E-state index in [4.69, 9.17) is 27.6 Å². The smallest absolute Gasteiger partial charge is 0.107 e. The summed E-state index contributed by atoms with van der Waals surface area (Å²) >= 11 is 11.7. The Labute approximate surface area is 97.0 Å². The average Bonchev–Trinajstić information content (AvgIpc) is 2.67. The molecule has 0 saturated heterocycles. The number of benzene rings is 1. The minimum Gasteiger partial charge on any atom is -0.472 e. The zero-order valence-electron chi connectivity index (χ0n) is 7.65. The van der Waals surface area contributed by atoms with E-state index in [1.807, 2.05) is 0 Å². The van der Waals surface area contributed by atoms with Crippen molar-refractivity contribution in [2.24, 2.45) is 0 Å². The predicted molar refractivity (Wildman–Crippen MR) is 59.2 cm³/mol. The Balaban J connectivity index is 2.37. The van der Waals surface area contributed by atoms with E-state index in [9.17, 15) is 5.11 Å². The van der Waals surface area contributed by atoms with E-state index >= 15 is 0 Å². The number of furan rings is 1.